The van der Waals surface area contributed by atoms with E-state index in [1.807, 2.05) is 24.3 Å². The van der Waals surface area contributed by atoms with Crippen molar-refractivity contribution in [3.63, 3.8) is 0 Å². The number of hydrogen-bond acceptors (Lipinski definition) is 5. The minimum Gasteiger partial charge on any atom is -0.379 e. The summed E-state index contributed by atoms with van der Waals surface area (Å²) in [4.78, 5) is 18.7. The third-order valence-electron chi connectivity index (χ3n) is 3.86. The highest BCUT2D eigenvalue weighted by molar-refractivity contribution is 5.99. The van der Waals surface area contributed by atoms with E-state index < -0.39 is 0 Å². The third kappa shape index (κ3) is 2.55. The minimum absolute atomic E-state index is 0.111. The number of amides is 1. The SMILES string of the molecule is CN(C(=O)c1cc(NN)c2ccccc2n1)C1CCOC1. The number of hydrogen-bond donors (Lipinski definition) is 2. The molecule has 6 nitrogen and oxygen atoms in total. The van der Waals surface area contributed by atoms with Crippen molar-refractivity contribution in [2.45, 2.75) is 12.5 Å². The Morgan fingerprint density at radius 3 is 3.00 bits per heavy atom. The number of carbonyl (C=O) groups is 1. The molecule has 1 fully saturated rings. The van der Waals surface area contributed by atoms with Gasteiger partial charge in [-0.2, -0.15) is 0 Å². The van der Waals surface area contributed by atoms with E-state index in [9.17, 15) is 4.79 Å². The number of anilines is 1. The van der Waals surface area contributed by atoms with Crippen LogP contribution in [-0.4, -0.2) is 42.1 Å². The lowest BCUT2D eigenvalue weighted by atomic mass is 10.1. The largest absolute Gasteiger partial charge is 0.379 e. The Kier molecular flexibility index (Phi) is 3.72. The van der Waals surface area contributed by atoms with Crippen molar-refractivity contribution >= 4 is 22.5 Å². The van der Waals surface area contributed by atoms with Gasteiger partial charge in [0.05, 0.1) is 23.9 Å². The molecular formula is C15H18N4O2. The first kappa shape index (κ1) is 13.8. The smallest absolute Gasteiger partial charge is 0.272 e. The van der Waals surface area contributed by atoms with Crippen molar-refractivity contribution in [1.82, 2.24) is 9.88 Å². The van der Waals surface area contributed by atoms with Gasteiger partial charge in [0.1, 0.15) is 5.69 Å². The number of ether oxygens (including phenoxy) is 1. The molecule has 0 radical (unpaired) electrons. The molecule has 0 aliphatic carbocycles. The summed E-state index contributed by atoms with van der Waals surface area (Å²) in [5, 5.41) is 0.892. The van der Waals surface area contributed by atoms with Gasteiger partial charge in [-0.1, -0.05) is 18.2 Å². The van der Waals surface area contributed by atoms with Crippen molar-refractivity contribution in [1.29, 1.82) is 0 Å². The molecule has 0 spiro atoms. The van der Waals surface area contributed by atoms with Crippen LogP contribution in [0.5, 0.6) is 0 Å². The van der Waals surface area contributed by atoms with Gasteiger partial charge < -0.3 is 15.1 Å². The summed E-state index contributed by atoms with van der Waals surface area (Å²) in [7, 11) is 1.79. The van der Waals surface area contributed by atoms with Gasteiger partial charge in [0.2, 0.25) is 0 Å². The first-order chi connectivity index (χ1) is 10.2. The van der Waals surface area contributed by atoms with E-state index in [-0.39, 0.29) is 11.9 Å². The van der Waals surface area contributed by atoms with E-state index in [4.69, 9.17) is 10.6 Å². The standard InChI is InChI=1S/C15H18N4O2/c1-19(10-6-7-21-9-10)15(20)14-8-13(18-16)11-4-2-3-5-12(11)17-14/h2-5,8,10H,6-7,9,16H2,1H3,(H,17,18). The number of nitrogens with two attached hydrogens (primary N) is 1. The zero-order chi connectivity index (χ0) is 14.8. The van der Waals surface area contributed by atoms with Crippen LogP contribution >= 0.6 is 0 Å². The first-order valence-electron chi connectivity index (χ1n) is 6.92. The number of nitrogen functional groups attached to an aromatic ring is 1. The number of rotatable bonds is 3. The summed E-state index contributed by atoms with van der Waals surface area (Å²) >= 11 is 0. The fraction of sp³-hybridized carbons (Fsp3) is 0.333. The molecule has 1 aliphatic heterocycles. The molecule has 6 heteroatoms. The number of nitrogens with one attached hydrogen (secondary N) is 1. The zero-order valence-electron chi connectivity index (χ0n) is 11.9. The summed E-state index contributed by atoms with van der Waals surface area (Å²) in [5.74, 6) is 5.44. The lowest BCUT2D eigenvalue weighted by Gasteiger charge is -2.23. The molecule has 0 bridgehead atoms. The predicted octanol–water partition coefficient (Wildman–Crippen LogP) is 1.38. The second kappa shape index (κ2) is 5.67. The maximum atomic E-state index is 12.6. The number of likely N-dealkylation sites (N-methyl/N-ethyl adjacent to an activating group) is 1. The van der Waals surface area contributed by atoms with Crippen LogP contribution in [0.4, 0.5) is 5.69 Å². The van der Waals surface area contributed by atoms with E-state index in [2.05, 4.69) is 10.4 Å². The quantitative estimate of drug-likeness (QED) is 0.658. The van der Waals surface area contributed by atoms with Crippen LogP contribution in [-0.2, 0) is 4.74 Å². The second-order valence-electron chi connectivity index (χ2n) is 5.15. The average Bonchev–Trinajstić information content (AvgIpc) is 3.06. The molecular weight excluding hydrogens is 268 g/mol. The highest BCUT2D eigenvalue weighted by Crippen LogP contribution is 2.23. The monoisotopic (exact) mass is 286 g/mol. The molecule has 1 aliphatic rings. The number of para-hydroxylation sites is 1. The van der Waals surface area contributed by atoms with Gasteiger partial charge in [0.25, 0.3) is 5.91 Å². The minimum atomic E-state index is -0.118. The molecule has 3 N–H and O–H groups in total. The summed E-state index contributed by atoms with van der Waals surface area (Å²) in [6.07, 6.45) is 0.859. The van der Waals surface area contributed by atoms with Gasteiger partial charge >= 0.3 is 0 Å². The molecule has 1 amide bonds. The molecule has 0 saturated carbocycles. The number of nitrogens with zero attached hydrogens (tertiary/aromatic N) is 2. The van der Waals surface area contributed by atoms with E-state index >= 15 is 0 Å². The maximum Gasteiger partial charge on any atom is 0.272 e. The Balaban J connectivity index is 1.97. The molecule has 1 saturated heterocycles. The summed E-state index contributed by atoms with van der Waals surface area (Å²) in [5.41, 5.74) is 4.46. The molecule has 1 atom stereocenters. The first-order valence-corrected chi connectivity index (χ1v) is 6.92. The van der Waals surface area contributed by atoms with Crippen LogP contribution in [0, 0.1) is 0 Å². The Hall–Kier alpha value is -2.18. The molecule has 1 unspecified atom stereocenters. The molecule has 1 aromatic heterocycles. The van der Waals surface area contributed by atoms with Gasteiger partial charge in [-0.25, -0.2) is 4.98 Å². The number of hydrazine groups is 1. The molecule has 2 heterocycles. The van der Waals surface area contributed by atoms with Crippen molar-refractivity contribution in [2.24, 2.45) is 5.84 Å². The van der Waals surface area contributed by atoms with Crippen LogP contribution in [0.1, 0.15) is 16.9 Å². The second-order valence-corrected chi connectivity index (χ2v) is 5.15. The van der Waals surface area contributed by atoms with Gasteiger partial charge in [-0.05, 0) is 18.6 Å². The van der Waals surface area contributed by atoms with Gasteiger partial charge in [0.15, 0.2) is 0 Å². The van der Waals surface area contributed by atoms with Crippen molar-refractivity contribution in [3.05, 3.63) is 36.0 Å². The Morgan fingerprint density at radius 1 is 1.48 bits per heavy atom. The Bertz CT molecular complexity index is 668. The van der Waals surface area contributed by atoms with Crippen molar-refractivity contribution in [3.8, 4) is 0 Å². The number of aromatic nitrogens is 1. The molecule has 2 aromatic rings. The van der Waals surface area contributed by atoms with Crippen LogP contribution in [0.15, 0.2) is 30.3 Å². The number of carbonyl (C=O) groups excluding carboxylic acids is 1. The Labute approximate surface area is 122 Å². The summed E-state index contributed by atoms with van der Waals surface area (Å²) in [6.45, 7) is 1.28. The molecule has 3 rings (SSSR count). The molecule has 110 valence electrons. The number of benzene rings is 1. The van der Waals surface area contributed by atoms with Crippen LogP contribution in [0.2, 0.25) is 0 Å². The lowest BCUT2D eigenvalue weighted by Crippen LogP contribution is -2.37. The number of fused-ring (bicyclic) bond motifs is 1. The van der Waals surface area contributed by atoms with Crippen LogP contribution in [0.25, 0.3) is 10.9 Å². The fourth-order valence-electron chi connectivity index (χ4n) is 2.58. The van der Waals surface area contributed by atoms with Gasteiger partial charge in [-0.3, -0.25) is 10.6 Å². The van der Waals surface area contributed by atoms with E-state index in [0.717, 1.165) is 17.3 Å². The highest BCUT2D eigenvalue weighted by atomic mass is 16.5. The van der Waals surface area contributed by atoms with Crippen LogP contribution < -0.4 is 11.3 Å². The van der Waals surface area contributed by atoms with E-state index in [1.54, 1.807) is 18.0 Å². The zero-order valence-corrected chi connectivity index (χ0v) is 11.9. The van der Waals surface area contributed by atoms with Gasteiger partial charge in [0, 0.05) is 19.0 Å². The third-order valence-corrected chi connectivity index (χ3v) is 3.86. The molecule has 1 aromatic carbocycles. The average molecular weight is 286 g/mol. The van der Waals surface area contributed by atoms with E-state index in [1.165, 1.54) is 0 Å². The summed E-state index contributed by atoms with van der Waals surface area (Å²) < 4.78 is 5.33. The maximum absolute atomic E-state index is 12.6. The molecule has 21 heavy (non-hydrogen) atoms. The topological polar surface area (TPSA) is 80.5 Å². The van der Waals surface area contributed by atoms with E-state index in [0.29, 0.717) is 24.6 Å². The predicted molar refractivity (Wildman–Crippen MR) is 80.9 cm³/mol. The van der Waals surface area contributed by atoms with Crippen LogP contribution in [0.3, 0.4) is 0 Å². The fourth-order valence-corrected chi connectivity index (χ4v) is 2.58. The highest BCUT2D eigenvalue weighted by Gasteiger charge is 2.26. The summed E-state index contributed by atoms with van der Waals surface area (Å²) in [6, 6.07) is 9.38. The number of pyridine rings is 1. The van der Waals surface area contributed by atoms with Gasteiger partial charge in [-0.15, -0.1) is 0 Å². The normalized spacial score (nSPS) is 17.9. The van der Waals surface area contributed by atoms with Crippen molar-refractivity contribution in [2.75, 3.05) is 25.7 Å². The Morgan fingerprint density at radius 2 is 2.29 bits per heavy atom. The lowest BCUT2D eigenvalue weighted by molar-refractivity contribution is 0.0706. The van der Waals surface area contributed by atoms with Crippen molar-refractivity contribution < 1.29 is 9.53 Å².